The van der Waals surface area contributed by atoms with Gasteiger partial charge >= 0.3 is 6.09 Å². The van der Waals surface area contributed by atoms with E-state index >= 15 is 0 Å². The van der Waals surface area contributed by atoms with Crippen LogP contribution in [0.5, 0.6) is 0 Å². The molecule has 24 heavy (non-hydrogen) atoms. The Kier molecular flexibility index (Phi) is 4.51. The topological polar surface area (TPSA) is 58.6 Å². The van der Waals surface area contributed by atoms with E-state index < -0.39 is 0 Å². The highest BCUT2D eigenvalue weighted by Crippen LogP contribution is 2.23. The molecule has 124 valence electrons. The fraction of sp³-hybridized carbons (Fsp3) is 0.263. The number of nitrogens with one attached hydrogen (secondary N) is 1. The molecule has 0 aromatic heterocycles. The predicted molar refractivity (Wildman–Crippen MR) is 92.3 cm³/mol. The first-order valence-corrected chi connectivity index (χ1v) is 7.93. The number of hydrogen-bond donors (Lipinski definition) is 1. The summed E-state index contributed by atoms with van der Waals surface area (Å²) < 4.78 is 5.36. The lowest BCUT2D eigenvalue weighted by molar-refractivity contribution is 0.0916. The summed E-state index contributed by atoms with van der Waals surface area (Å²) in [5.74, 6) is -0.170. The van der Waals surface area contributed by atoms with Gasteiger partial charge in [-0.3, -0.25) is 9.69 Å². The van der Waals surface area contributed by atoms with Crippen LogP contribution in [-0.4, -0.2) is 31.2 Å². The van der Waals surface area contributed by atoms with E-state index in [1.807, 2.05) is 50.2 Å². The van der Waals surface area contributed by atoms with Crippen molar-refractivity contribution < 1.29 is 14.3 Å². The first-order valence-electron chi connectivity index (χ1n) is 7.93. The average Bonchev–Trinajstić information content (AvgIpc) is 2.97. The molecule has 0 saturated carbocycles. The summed E-state index contributed by atoms with van der Waals surface area (Å²) in [6.07, 6.45) is -0.732. The normalized spacial score (nSPS) is 16.8. The zero-order valence-electron chi connectivity index (χ0n) is 13.8. The highest BCUT2D eigenvalue weighted by atomic mass is 16.6. The highest BCUT2D eigenvalue weighted by molar-refractivity contribution is 5.94. The summed E-state index contributed by atoms with van der Waals surface area (Å²) in [6.45, 7) is 4.76. The molecule has 1 aliphatic heterocycles. The average molecular weight is 324 g/mol. The maximum atomic E-state index is 12.1. The fourth-order valence-corrected chi connectivity index (χ4v) is 2.63. The Morgan fingerprint density at radius 3 is 2.62 bits per heavy atom. The van der Waals surface area contributed by atoms with Crippen LogP contribution < -0.4 is 10.2 Å². The minimum absolute atomic E-state index is 0.170. The number of aryl methyl sites for hydroxylation is 2. The molecule has 0 radical (unpaired) electrons. The number of carbonyl (C=O) groups is 2. The molecule has 1 unspecified atom stereocenters. The SMILES string of the molecule is Cc1ccc(N2CC(CNC(=O)c3ccccc3)OC2=O)cc1C. The standard InChI is InChI=1S/C19H20N2O3/c1-13-8-9-16(10-14(13)2)21-12-17(24-19(21)23)11-20-18(22)15-6-4-3-5-7-15/h3-10,17H,11-12H2,1-2H3,(H,20,22). The van der Waals surface area contributed by atoms with Gasteiger partial charge in [-0.15, -0.1) is 0 Å². The molecule has 2 aromatic rings. The molecule has 2 amide bonds. The van der Waals surface area contributed by atoms with Gasteiger partial charge in [0.2, 0.25) is 0 Å². The van der Waals surface area contributed by atoms with Crippen molar-refractivity contribution in [1.82, 2.24) is 5.32 Å². The van der Waals surface area contributed by atoms with Crippen LogP contribution in [0.3, 0.4) is 0 Å². The number of nitrogens with zero attached hydrogens (tertiary/aromatic N) is 1. The minimum Gasteiger partial charge on any atom is -0.442 e. The Balaban J connectivity index is 1.60. The number of amides is 2. The lowest BCUT2D eigenvalue weighted by Gasteiger charge is -2.14. The van der Waals surface area contributed by atoms with Crippen LogP contribution in [-0.2, 0) is 4.74 Å². The predicted octanol–water partition coefficient (Wildman–Crippen LogP) is 3.06. The molecule has 0 aliphatic carbocycles. The number of cyclic esters (lactones) is 1. The number of hydrogen-bond acceptors (Lipinski definition) is 3. The smallest absolute Gasteiger partial charge is 0.414 e. The third kappa shape index (κ3) is 3.40. The highest BCUT2D eigenvalue weighted by Gasteiger charge is 2.32. The number of rotatable bonds is 4. The molecule has 0 bridgehead atoms. The zero-order chi connectivity index (χ0) is 17.1. The maximum absolute atomic E-state index is 12.1. The van der Waals surface area contributed by atoms with Crippen LogP contribution in [0.25, 0.3) is 0 Å². The molecule has 1 aliphatic rings. The molecule has 2 aromatic carbocycles. The molecule has 1 atom stereocenters. The van der Waals surface area contributed by atoms with E-state index in [1.54, 1.807) is 17.0 Å². The molecule has 0 spiro atoms. The zero-order valence-corrected chi connectivity index (χ0v) is 13.8. The van der Waals surface area contributed by atoms with Crippen molar-refractivity contribution in [2.45, 2.75) is 20.0 Å². The van der Waals surface area contributed by atoms with Gasteiger partial charge in [-0.25, -0.2) is 4.79 Å². The lowest BCUT2D eigenvalue weighted by atomic mass is 10.1. The first kappa shape index (κ1) is 16.1. The van der Waals surface area contributed by atoms with Gasteiger partial charge in [-0.05, 0) is 49.2 Å². The number of benzene rings is 2. The molecule has 1 fully saturated rings. The molecule has 5 heteroatoms. The van der Waals surface area contributed by atoms with Gasteiger partial charge in [0.1, 0.15) is 6.10 Å². The van der Waals surface area contributed by atoms with Crippen molar-refractivity contribution in [3.63, 3.8) is 0 Å². The van der Waals surface area contributed by atoms with Crippen molar-refractivity contribution in [2.75, 3.05) is 18.0 Å². The van der Waals surface area contributed by atoms with Gasteiger partial charge in [-0.2, -0.15) is 0 Å². The summed E-state index contributed by atoms with van der Waals surface area (Å²) in [7, 11) is 0. The fourth-order valence-electron chi connectivity index (χ4n) is 2.63. The maximum Gasteiger partial charge on any atom is 0.414 e. The molecule has 1 heterocycles. The number of ether oxygens (including phenoxy) is 1. The molecule has 3 rings (SSSR count). The van der Waals surface area contributed by atoms with Gasteiger partial charge < -0.3 is 10.1 Å². The van der Waals surface area contributed by atoms with Crippen molar-refractivity contribution in [3.05, 3.63) is 65.2 Å². The Hall–Kier alpha value is -2.82. The van der Waals surface area contributed by atoms with E-state index in [-0.39, 0.29) is 18.1 Å². The minimum atomic E-state index is -0.378. The molecular weight excluding hydrogens is 304 g/mol. The molecular formula is C19H20N2O3. The number of anilines is 1. The van der Waals surface area contributed by atoms with Gasteiger partial charge in [0, 0.05) is 11.3 Å². The van der Waals surface area contributed by atoms with E-state index in [9.17, 15) is 9.59 Å². The Morgan fingerprint density at radius 2 is 1.92 bits per heavy atom. The van der Waals surface area contributed by atoms with Crippen molar-refractivity contribution in [2.24, 2.45) is 0 Å². The third-order valence-corrected chi connectivity index (χ3v) is 4.20. The summed E-state index contributed by atoms with van der Waals surface area (Å²) in [6, 6.07) is 14.8. The second-order valence-corrected chi connectivity index (χ2v) is 5.96. The largest absolute Gasteiger partial charge is 0.442 e. The molecule has 1 N–H and O–H groups in total. The van der Waals surface area contributed by atoms with Gasteiger partial charge in [0.25, 0.3) is 5.91 Å². The quantitative estimate of drug-likeness (QED) is 0.940. The van der Waals surface area contributed by atoms with Crippen LogP contribution >= 0.6 is 0 Å². The Bertz CT molecular complexity index is 758. The van der Waals surface area contributed by atoms with Crippen LogP contribution in [0.2, 0.25) is 0 Å². The first-order chi connectivity index (χ1) is 11.5. The van der Waals surface area contributed by atoms with Crippen molar-refractivity contribution in [3.8, 4) is 0 Å². The lowest BCUT2D eigenvalue weighted by Crippen LogP contribution is -2.34. The van der Waals surface area contributed by atoms with E-state index in [4.69, 9.17) is 4.74 Å². The van der Waals surface area contributed by atoms with Crippen LogP contribution in [0.4, 0.5) is 10.5 Å². The van der Waals surface area contributed by atoms with Crippen LogP contribution in [0, 0.1) is 13.8 Å². The molecule has 1 saturated heterocycles. The van der Waals surface area contributed by atoms with Gasteiger partial charge in [0.05, 0.1) is 13.1 Å². The monoisotopic (exact) mass is 324 g/mol. The van der Waals surface area contributed by atoms with E-state index in [1.165, 1.54) is 5.56 Å². The van der Waals surface area contributed by atoms with Gasteiger partial charge in [0.15, 0.2) is 0 Å². The summed E-state index contributed by atoms with van der Waals surface area (Å²) in [5.41, 5.74) is 3.71. The second kappa shape index (κ2) is 6.74. The molecule has 5 nitrogen and oxygen atoms in total. The van der Waals surface area contributed by atoms with Crippen molar-refractivity contribution in [1.29, 1.82) is 0 Å². The van der Waals surface area contributed by atoms with E-state index in [2.05, 4.69) is 5.32 Å². The van der Waals surface area contributed by atoms with E-state index in [0.717, 1.165) is 11.3 Å². The van der Waals surface area contributed by atoms with E-state index in [0.29, 0.717) is 18.7 Å². The third-order valence-electron chi connectivity index (χ3n) is 4.20. The number of carbonyl (C=O) groups excluding carboxylic acids is 2. The summed E-state index contributed by atoms with van der Waals surface area (Å²) >= 11 is 0. The van der Waals surface area contributed by atoms with Crippen LogP contribution in [0.15, 0.2) is 48.5 Å². The summed E-state index contributed by atoms with van der Waals surface area (Å²) in [4.78, 5) is 25.7. The summed E-state index contributed by atoms with van der Waals surface area (Å²) in [5, 5.41) is 2.81. The Labute approximate surface area is 141 Å². The van der Waals surface area contributed by atoms with Gasteiger partial charge in [-0.1, -0.05) is 24.3 Å². The second-order valence-electron chi connectivity index (χ2n) is 5.96. The Morgan fingerprint density at radius 1 is 1.17 bits per heavy atom. The van der Waals surface area contributed by atoms with Crippen molar-refractivity contribution >= 4 is 17.7 Å². The van der Waals surface area contributed by atoms with Crippen LogP contribution in [0.1, 0.15) is 21.5 Å².